The molecule has 108 valence electrons. The van der Waals surface area contributed by atoms with E-state index in [1.54, 1.807) is 5.57 Å². The average molecular weight is 276 g/mol. The molecule has 0 bridgehead atoms. The Morgan fingerprint density at radius 2 is 1.95 bits per heavy atom. The van der Waals surface area contributed by atoms with Crippen LogP contribution in [0.4, 0.5) is 0 Å². The van der Waals surface area contributed by atoms with Crippen molar-refractivity contribution in [2.45, 2.75) is 33.1 Å². The smallest absolute Gasteiger partial charge is 0.331 e. The highest BCUT2D eigenvalue weighted by molar-refractivity contribution is 5.90. The molecule has 0 saturated carbocycles. The minimum absolute atomic E-state index is 0.0359. The first-order chi connectivity index (χ1) is 9.39. The van der Waals surface area contributed by atoms with E-state index in [4.69, 9.17) is 10.2 Å². The zero-order valence-electron chi connectivity index (χ0n) is 11.8. The minimum Gasteiger partial charge on any atom is -0.481 e. The number of aliphatic carboxylic acids is 2. The first kappa shape index (κ1) is 16.0. The lowest BCUT2D eigenvalue weighted by Gasteiger charge is -2.23. The molecule has 0 spiro atoms. The second-order valence-corrected chi connectivity index (χ2v) is 5.07. The summed E-state index contributed by atoms with van der Waals surface area (Å²) in [6.45, 7) is 3.70. The monoisotopic (exact) mass is 276 g/mol. The Morgan fingerprint density at radius 1 is 1.25 bits per heavy atom. The highest BCUT2D eigenvalue weighted by atomic mass is 16.4. The van der Waals surface area contributed by atoms with Gasteiger partial charge in [0.15, 0.2) is 0 Å². The van der Waals surface area contributed by atoms with Gasteiger partial charge in [-0.2, -0.15) is 0 Å². The maximum absolute atomic E-state index is 10.8. The molecule has 1 atom stereocenters. The van der Waals surface area contributed by atoms with Crippen molar-refractivity contribution in [1.29, 1.82) is 0 Å². The van der Waals surface area contributed by atoms with E-state index in [0.29, 0.717) is 0 Å². The molecular weight excluding hydrogens is 256 g/mol. The van der Waals surface area contributed by atoms with Crippen molar-refractivity contribution in [3.63, 3.8) is 0 Å². The Bertz CT molecular complexity index is 509. The third-order valence-electron chi connectivity index (χ3n) is 3.38. The summed E-state index contributed by atoms with van der Waals surface area (Å²) in [5.41, 5.74) is 0.607. The van der Waals surface area contributed by atoms with Gasteiger partial charge in [0.2, 0.25) is 0 Å². The Balaban J connectivity index is 0.000000240. The highest BCUT2D eigenvalue weighted by Gasteiger charge is 2.34. The van der Waals surface area contributed by atoms with Gasteiger partial charge in [-0.15, -0.1) is 0 Å². The molecule has 0 amide bonds. The van der Waals surface area contributed by atoms with Crippen molar-refractivity contribution in [2.24, 2.45) is 5.41 Å². The molecule has 2 N–H and O–H groups in total. The number of hydrogen-bond acceptors (Lipinski definition) is 2. The summed E-state index contributed by atoms with van der Waals surface area (Å²) in [6, 6.07) is 0. The topological polar surface area (TPSA) is 74.6 Å². The Morgan fingerprint density at radius 3 is 2.35 bits per heavy atom. The fraction of sp³-hybridized carbons (Fsp3) is 0.375. The molecule has 2 aliphatic carbocycles. The predicted octanol–water partition coefficient (Wildman–Crippen LogP) is 3.33. The van der Waals surface area contributed by atoms with E-state index in [2.05, 4.69) is 25.2 Å². The lowest BCUT2D eigenvalue weighted by Crippen LogP contribution is -2.28. The molecular formula is C16H20O4. The van der Waals surface area contributed by atoms with Gasteiger partial charge in [-0.1, -0.05) is 49.0 Å². The zero-order chi connectivity index (χ0) is 15.2. The first-order valence-electron chi connectivity index (χ1n) is 6.58. The van der Waals surface area contributed by atoms with Crippen LogP contribution < -0.4 is 0 Å². The van der Waals surface area contributed by atoms with Crippen LogP contribution >= 0.6 is 0 Å². The van der Waals surface area contributed by atoms with E-state index < -0.39 is 17.4 Å². The summed E-state index contributed by atoms with van der Waals surface area (Å²) >= 11 is 0. The number of carbonyl (C=O) groups is 2. The fourth-order valence-electron chi connectivity index (χ4n) is 1.94. The molecule has 0 aromatic carbocycles. The van der Waals surface area contributed by atoms with E-state index in [-0.39, 0.29) is 12.0 Å². The van der Waals surface area contributed by atoms with E-state index in [1.165, 1.54) is 38.0 Å². The van der Waals surface area contributed by atoms with Crippen molar-refractivity contribution in [3.8, 4) is 0 Å². The van der Waals surface area contributed by atoms with Gasteiger partial charge in [0.05, 0.1) is 5.41 Å². The largest absolute Gasteiger partial charge is 0.481 e. The van der Waals surface area contributed by atoms with Crippen molar-refractivity contribution in [2.75, 3.05) is 0 Å². The van der Waals surface area contributed by atoms with Gasteiger partial charge in [-0.05, 0) is 26.2 Å². The minimum atomic E-state index is -1.08. The van der Waals surface area contributed by atoms with E-state index in [9.17, 15) is 9.59 Å². The second-order valence-electron chi connectivity index (χ2n) is 5.07. The summed E-state index contributed by atoms with van der Waals surface area (Å²) in [5.74, 6) is -2.06. The second kappa shape index (κ2) is 6.89. The summed E-state index contributed by atoms with van der Waals surface area (Å²) in [4.78, 5) is 21.3. The molecule has 0 aromatic heterocycles. The molecule has 0 aliphatic heterocycles. The summed E-state index contributed by atoms with van der Waals surface area (Å²) < 4.78 is 0. The van der Waals surface area contributed by atoms with Crippen molar-refractivity contribution in [1.82, 2.24) is 0 Å². The van der Waals surface area contributed by atoms with Gasteiger partial charge < -0.3 is 10.2 Å². The van der Waals surface area contributed by atoms with Gasteiger partial charge >= 0.3 is 11.9 Å². The molecule has 20 heavy (non-hydrogen) atoms. The summed E-state index contributed by atoms with van der Waals surface area (Å²) in [6.07, 6.45) is 13.4. The molecule has 4 nitrogen and oxygen atoms in total. The molecule has 2 aliphatic rings. The zero-order valence-corrected chi connectivity index (χ0v) is 11.8. The molecule has 0 radical (unpaired) electrons. The standard InChI is InChI=1S/C9H10O4.C7H10/c1-9(8(12)13)4-2-3-6(5-9)7(10)11;1-2-7-5-3-4-6-7/h2-4H,5H2,1H3,(H,10,11)(H,12,13);3-5H,2,6H2,1H3. The first-order valence-corrected chi connectivity index (χ1v) is 6.58. The molecule has 2 rings (SSSR count). The van der Waals surface area contributed by atoms with Gasteiger partial charge in [0, 0.05) is 5.57 Å². The van der Waals surface area contributed by atoms with Crippen molar-refractivity contribution >= 4 is 11.9 Å². The van der Waals surface area contributed by atoms with E-state index in [1.807, 2.05) is 0 Å². The maximum Gasteiger partial charge on any atom is 0.331 e. The van der Waals surface area contributed by atoms with Crippen molar-refractivity contribution < 1.29 is 19.8 Å². The quantitative estimate of drug-likeness (QED) is 0.829. The van der Waals surface area contributed by atoms with Gasteiger partial charge in [-0.3, -0.25) is 4.79 Å². The number of carboxylic acids is 2. The van der Waals surface area contributed by atoms with Crippen LogP contribution in [0, 0.1) is 5.41 Å². The Hall–Kier alpha value is -2.10. The molecule has 0 saturated heterocycles. The van der Waals surface area contributed by atoms with Crippen LogP contribution in [-0.2, 0) is 9.59 Å². The van der Waals surface area contributed by atoms with Crippen LogP contribution in [0.1, 0.15) is 33.1 Å². The predicted molar refractivity (Wildman–Crippen MR) is 77.3 cm³/mol. The van der Waals surface area contributed by atoms with Crippen LogP contribution in [0.15, 0.2) is 47.6 Å². The fourth-order valence-corrected chi connectivity index (χ4v) is 1.94. The third-order valence-corrected chi connectivity index (χ3v) is 3.38. The molecule has 4 heteroatoms. The number of rotatable bonds is 3. The number of hydrogen-bond donors (Lipinski definition) is 2. The van der Waals surface area contributed by atoms with Crippen LogP contribution in [0.3, 0.4) is 0 Å². The SMILES string of the molecule is CC1(C(=O)O)C=CC=C(C(=O)O)C1.CCC1=CC=CC1. The van der Waals surface area contributed by atoms with Gasteiger partial charge in [0.25, 0.3) is 0 Å². The van der Waals surface area contributed by atoms with Crippen LogP contribution in [-0.4, -0.2) is 22.2 Å². The normalized spacial score (nSPS) is 23.5. The lowest BCUT2D eigenvalue weighted by molar-refractivity contribution is -0.145. The molecule has 0 fully saturated rings. The molecule has 0 heterocycles. The highest BCUT2D eigenvalue weighted by Crippen LogP contribution is 2.31. The summed E-state index contributed by atoms with van der Waals surface area (Å²) in [7, 11) is 0. The number of carboxylic acid groups (broad SMARTS) is 2. The van der Waals surface area contributed by atoms with Crippen LogP contribution in [0.5, 0.6) is 0 Å². The van der Waals surface area contributed by atoms with E-state index in [0.717, 1.165) is 0 Å². The average Bonchev–Trinajstić information content (AvgIpc) is 2.92. The van der Waals surface area contributed by atoms with Crippen molar-refractivity contribution in [3.05, 3.63) is 47.6 Å². The van der Waals surface area contributed by atoms with Gasteiger partial charge in [-0.25, -0.2) is 4.79 Å². The molecule has 1 unspecified atom stereocenters. The van der Waals surface area contributed by atoms with E-state index >= 15 is 0 Å². The van der Waals surface area contributed by atoms with Crippen LogP contribution in [0.25, 0.3) is 0 Å². The lowest BCUT2D eigenvalue weighted by atomic mass is 9.80. The third kappa shape index (κ3) is 4.23. The van der Waals surface area contributed by atoms with Gasteiger partial charge in [0.1, 0.15) is 0 Å². The maximum atomic E-state index is 10.8. The molecule has 0 aromatic rings. The Labute approximate surface area is 118 Å². The Kier molecular flexibility index (Phi) is 5.50. The van der Waals surface area contributed by atoms with Crippen LogP contribution in [0.2, 0.25) is 0 Å². The summed E-state index contributed by atoms with van der Waals surface area (Å²) in [5, 5.41) is 17.5. The number of allylic oxidation sites excluding steroid dienone is 6.